The highest BCUT2D eigenvalue weighted by Gasteiger charge is 2.53. The third kappa shape index (κ3) is 5.46. The second-order valence-electron chi connectivity index (χ2n) is 17.6. The van der Waals surface area contributed by atoms with E-state index in [1.165, 1.54) is 6.92 Å². The second-order valence-corrected chi connectivity index (χ2v) is 17.6. The van der Waals surface area contributed by atoms with Crippen molar-refractivity contribution in [2.24, 2.45) is 0 Å². The molecule has 0 radical (unpaired) electrons. The van der Waals surface area contributed by atoms with Gasteiger partial charge >= 0.3 is 0 Å². The lowest BCUT2D eigenvalue weighted by atomic mass is 9.69. The van der Waals surface area contributed by atoms with Crippen molar-refractivity contribution >= 4 is 0 Å². The van der Waals surface area contributed by atoms with Gasteiger partial charge in [0.25, 0.3) is 0 Å². The van der Waals surface area contributed by atoms with Crippen molar-refractivity contribution in [1.29, 1.82) is 0 Å². The molecule has 2 atom stereocenters. The van der Waals surface area contributed by atoms with Crippen LogP contribution in [0.2, 0.25) is 0 Å². The summed E-state index contributed by atoms with van der Waals surface area (Å²) in [6.45, 7) is 4.99. The lowest BCUT2D eigenvalue weighted by Gasteiger charge is -2.33. The summed E-state index contributed by atoms with van der Waals surface area (Å²) in [4.78, 5) is 0. The normalized spacial score (nSPS) is 17.0. The third-order valence-electron chi connectivity index (χ3n) is 13.5. The van der Waals surface area contributed by atoms with E-state index in [0.717, 1.165) is 89.0 Å². The quantitative estimate of drug-likeness (QED) is 0.0852. The molecule has 0 fully saturated rings. The average molecular weight is 797 g/mol. The Morgan fingerprint density at radius 1 is 0.377 bits per heavy atom. The molecule has 3 aliphatic rings. The van der Waals surface area contributed by atoms with Gasteiger partial charge in [0.1, 0.15) is 0 Å². The molecule has 0 bridgehead atoms. The van der Waals surface area contributed by atoms with Crippen molar-refractivity contribution < 1.29 is 25.5 Å². The first kappa shape index (κ1) is 37.6. The molecule has 3 aliphatic carbocycles. The summed E-state index contributed by atoms with van der Waals surface area (Å²) in [7, 11) is 0. The highest BCUT2D eigenvalue weighted by atomic mass is 16.5. The maximum absolute atomic E-state index is 11.7. The van der Waals surface area contributed by atoms with Crippen LogP contribution in [-0.4, -0.2) is 25.5 Å². The van der Waals surface area contributed by atoms with Crippen molar-refractivity contribution in [2.45, 2.75) is 49.3 Å². The minimum atomic E-state index is -2.16. The van der Waals surface area contributed by atoms with Gasteiger partial charge in [0.05, 0.1) is 11.0 Å². The summed E-state index contributed by atoms with van der Waals surface area (Å²) in [5.74, 6) is -4.56. The summed E-state index contributed by atoms with van der Waals surface area (Å²) >= 11 is 0. The molecule has 0 amide bonds. The molecule has 0 aromatic heterocycles. The SMILES string of the molecule is CC(C)(O)c1ccc2c(c1)C1(c3ccccc3-c3ccc(C(c4ccc(-c5ccccc5)cc4)c4ccc5c(c4)C(O)(O)c4ccccc4-5)cc31)c1cc(C(C)(O)O)ccc1-2. The number of aliphatic hydroxyl groups is 5. The molecular formula is C56H44O5. The Balaban J connectivity index is 1.18. The summed E-state index contributed by atoms with van der Waals surface area (Å²) < 4.78 is 0. The van der Waals surface area contributed by atoms with Crippen molar-refractivity contribution in [3.8, 4) is 44.5 Å². The van der Waals surface area contributed by atoms with E-state index in [1.54, 1.807) is 26.0 Å². The Hall–Kier alpha value is -6.44. The van der Waals surface area contributed by atoms with E-state index in [4.69, 9.17) is 0 Å². The summed E-state index contributed by atoms with van der Waals surface area (Å²) in [6.07, 6.45) is 0. The molecule has 8 aromatic rings. The van der Waals surface area contributed by atoms with Gasteiger partial charge < -0.3 is 25.5 Å². The molecule has 61 heavy (non-hydrogen) atoms. The number of hydrogen-bond donors (Lipinski definition) is 5. The van der Waals surface area contributed by atoms with E-state index in [0.29, 0.717) is 16.7 Å². The fourth-order valence-corrected chi connectivity index (χ4v) is 10.6. The Labute approximate surface area is 355 Å². The van der Waals surface area contributed by atoms with Crippen LogP contribution in [0.25, 0.3) is 44.5 Å². The zero-order valence-corrected chi connectivity index (χ0v) is 34.1. The largest absolute Gasteiger partial charge is 0.386 e. The maximum Gasteiger partial charge on any atom is 0.218 e. The van der Waals surface area contributed by atoms with Crippen LogP contribution in [0, 0.1) is 0 Å². The van der Waals surface area contributed by atoms with Gasteiger partial charge in [0.15, 0.2) is 5.79 Å². The van der Waals surface area contributed by atoms with Crippen molar-refractivity contribution in [3.05, 3.63) is 237 Å². The van der Waals surface area contributed by atoms with Gasteiger partial charge in [-0.2, -0.15) is 0 Å². The topological polar surface area (TPSA) is 101 Å². The smallest absolute Gasteiger partial charge is 0.218 e. The summed E-state index contributed by atoms with van der Waals surface area (Å²) in [5, 5.41) is 56.9. The van der Waals surface area contributed by atoms with Crippen molar-refractivity contribution in [3.63, 3.8) is 0 Å². The molecule has 0 saturated heterocycles. The zero-order valence-electron chi connectivity index (χ0n) is 34.1. The Morgan fingerprint density at radius 3 is 1.41 bits per heavy atom. The minimum absolute atomic E-state index is 0.326. The molecule has 2 unspecified atom stereocenters. The van der Waals surface area contributed by atoms with Crippen LogP contribution in [0.1, 0.15) is 87.9 Å². The molecular weight excluding hydrogens is 753 g/mol. The van der Waals surface area contributed by atoms with E-state index < -0.39 is 22.6 Å². The summed E-state index contributed by atoms with van der Waals surface area (Å²) in [5.41, 5.74) is 15.1. The predicted octanol–water partition coefficient (Wildman–Crippen LogP) is 10.4. The molecule has 298 valence electrons. The van der Waals surface area contributed by atoms with E-state index in [-0.39, 0.29) is 5.92 Å². The van der Waals surface area contributed by atoms with Gasteiger partial charge in [-0.05, 0) is 122 Å². The second kappa shape index (κ2) is 13.0. The fraction of sp³-hybridized carbons (Fsp3) is 0.143. The molecule has 11 rings (SSSR count). The molecule has 5 N–H and O–H groups in total. The van der Waals surface area contributed by atoms with E-state index in [2.05, 4.69) is 97.1 Å². The van der Waals surface area contributed by atoms with Crippen LogP contribution in [-0.2, 0) is 22.6 Å². The average Bonchev–Trinajstić information content (AvgIpc) is 3.81. The first-order valence-corrected chi connectivity index (χ1v) is 20.8. The number of fused-ring (bicyclic) bond motifs is 13. The predicted molar refractivity (Wildman–Crippen MR) is 240 cm³/mol. The highest BCUT2D eigenvalue weighted by Crippen LogP contribution is 2.64. The minimum Gasteiger partial charge on any atom is -0.386 e. The van der Waals surface area contributed by atoms with Crippen LogP contribution in [0.5, 0.6) is 0 Å². The van der Waals surface area contributed by atoms with Crippen molar-refractivity contribution in [2.75, 3.05) is 0 Å². The monoisotopic (exact) mass is 796 g/mol. The van der Waals surface area contributed by atoms with Gasteiger partial charge in [-0.15, -0.1) is 0 Å². The molecule has 0 saturated carbocycles. The van der Waals surface area contributed by atoms with Crippen LogP contribution < -0.4 is 0 Å². The number of benzene rings is 8. The molecule has 1 spiro atoms. The lowest BCUT2D eigenvalue weighted by Crippen LogP contribution is -2.28. The van der Waals surface area contributed by atoms with Gasteiger partial charge in [-0.3, -0.25) is 0 Å². The first-order chi connectivity index (χ1) is 29.3. The third-order valence-corrected chi connectivity index (χ3v) is 13.5. The number of rotatable bonds is 6. The summed E-state index contributed by atoms with van der Waals surface area (Å²) in [6, 6.07) is 59.5. The first-order valence-electron chi connectivity index (χ1n) is 20.8. The standard InChI is InChI=1S/C56H44O5/c1-53(2,57)38-23-27-43-44-28-24-39(54(3,58)59)32-50(44)55(49(43)31-38)46-15-9-7-13-40(46)42-25-21-36(29-48(42)55)52(35-19-17-34(18-20-35)33-11-5-4-6-12-33)37-22-26-45-41-14-8-10-16-47(41)56(60,61)51(45)30-37/h4-32,52,57-61H,1-3H3. The van der Waals surface area contributed by atoms with Crippen LogP contribution in [0.15, 0.2) is 176 Å². The Bertz CT molecular complexity index is 3010. The molecule has 5 nitrogen and oxygen atoms in total. The fourth-order valence-electron chi connectivity index (χ4n) is 10.6. The van der Waals surface area contributed by atoms with Gasteiger partial charge in [0, 0.05) is 22.6 Å². The van der Waals surface area contributed by atoms with Gasteiger partial charge in [0.2, 0.25) is 5.79 Å². The molecule has 5 heteroatoms. The molecule has 8 aromatic carbocycles. The van der Waals surface area contributed by atoms with E-state index >= 15 is 0 Å². The van der Waals surface area contributed by atoms with Crippen LogP contribution >= 0.6 is 0 Å². The molecule has 0 aliphatic heterocycles. The Morgan fingerprint density at radius 2 is 0.803 bits per heavy atom. The lowest BCUT2D eigenvalue weighted by molar-refractivity contribution is -0.152. The number of hydrogen-bond acceptors (Lipinski definition) is 5. The van der Waals surface area contributed by atoms with Crippen LogP contribution in [0.3, 0.4) is 0 Å². The van der Waals surface area contributed by atoms with Gasteiger partial charge in [-0.25, -0.2) is 0 Å². The van der Waals surface area contributed by atoms with Crippen LogP contribution in [0.4, 0.5) is 0 Å². The van der Waals surface area contributed by atoms with E-state index in [9.17, 15) is 25.5 Å². The van der Waals surface area contributed by atoms with Crippen molar-refractivity contribution in [1.82, 2.24) is 0 Å². The Kier molecular flexibility index (Phi) is 8.02. The maximum atomic E-state index is 11.7. The highest BCUT2D eigenvalue weighted by molar-refractivity contribution is 5.95. The van der Waals surface area contributed by atoms with E-state index in [1.807, 2.05) is 66.7 Å². The van der Waals surface area contributed by atoms with Gasteiger partial charge in [-0.1, -0.05) is 164 Å². The zero-order chi connectivity index (χ0) is 42.1. The molecule has 0 heterocycles.